The molecule has 1 N–H and O–H groups in total. The minimum absolute atomic E-state index is 0.0722. The van der Waals surface area contributed by atoms with Crippen molar-refractivity contribution >= 4 is 40.1 Å². The Kier molecular flexibility index (Phi) is 6.01. The van der Waals surface area contributed by atoms with Gasteiger partial charge < -0.3 is 28.8 Å². The van der Waals surface area contributed by atoms with Crippen molar-refractivity contribution in [2.24, 2.45) is 0 Å². The number of carbonyl (C=O) groups is 2. The van der Waals surface area contributed by atoms with Gasteiger partial charge in [0, 0.05) is 24.0 Å². The molecule has 3 aromatic rings. The number of benzene rings is 2. The van der Waals surface area contributed by atoms with E-state index < -0.39 is 5.91 Å². The molecule has 0 unspecified atom stereocenters. The van der Waals surface area contributed by atoms with Gasteiger partial charge in [-0.1, -0.05) is 23.7 Å². The van der Waals surface area contributed by atoms with Gasteiger partial charge in [-0.3, -0.25) is 9.59 Å². The summed E-state index contributed by atoms with van der Waals surface area (Å²) in [6.07, 6.45) is 0. The van der Waals surface area contributed by atoms with E-state index in [0.717, 1.165) is 0 Å². The maximum Gasteiger partial charge on any atom is 0.291 e. The summed E-state index contributed by atoms with van der Waals surface area (Å²) in [6.45, 7) is 1.82. The number of nitrogens with zero attached hydrogens (tertiary/aromatic N) is 1. The number of rotatable bonds is 5. The second-order valence-corrected chi connectivity index (χ2v) is 7.26. The lowest BCUT2D eigenvalue weighted by Gasteiger charge is -2.26. The van der Waals surface area contributed by atoms with Crippen molar-refractivity contribution in [1.82, 2.24) is 4.90 Å². The van der Waals surface area contributed by atoms with E-state index in [-0.39, 0.29) is 22.3 Å². The first-order chi connectivity index (χ1) is 15.0. The van der Waals surface area contributed by atoms with Crippen LogP contribution in [0.3, 0.4) is 0 Å². The summed E-state index contributed by atoms with van der Waals surface area (Å²) in [4.78, 5) is 27.8. The molecule has 1 saturated heterocycles. The lowest BCUT2D eigenvalue weighted by Crippen LogP contribution is -2.40. The van der Waals surface area contributed by atoms with E-state index in [2.05, 4.69) is 5.32 Å². The van der Waals surface area contributed by atoms with Crippen LogP contribution in [-0.4, -0.2) is 57.2 Å². The third-order valence-electron chi connectivity index (χ3n) is 5.02. The topological polar surface area (TPSA) is 90.2 Å². The molecular weight excluding hydrogens is 424 g/mol. The summed E-state index contributed by atoms with van der Waals surface area (Å²) < 4.78 is 21.7. The number of fused-ring (bicyclic) bond motifs is 1. The Bertz CT molecular complexity index is 1140. The Morgan fingerprint density at radius 2 is 1.84 bits per heavy atom. The van der Waals surface area contributed by atoms with Crippen molar-refractivity contribution in [3.63, 3.8) is 0 Å². The van der Waals surface area contributed by atoms with Crippen molar-refractivity contribution < 1.29 is 28.2 Å². The van der Waals surface area contributed by atoms with Crippen molar-refractivity contribution in [2.45, 2.75) is 0 Å². The van der Waals surface area contributed by atoms with Crippen LogP contribution < -0.4 is 14.8 Å². The van der Waals surface area contributed by atoms with Crippen LogP contribution in [0.5, 0.6) is 11.5 Å². The van der Waals surface area contributed by atoms with Crippen LogP contribution >= 0.6 is 11.6 Å². The quantitative estimate of drug-likeness (QED) is 0.643. The molecule has 31 heavy (non-hydrogen) atoms. The third-order valence-corrected chi connectivity index (χ3v) is 5.30. The van der Waals surface area contributed by atoms with Crippen molar-refractivity contribution in [2.75, 3.05) is 45.8 Å². The number of morpholine rings is 1. The van der Waals surface area contributed by atoms with Crippen LogP contribution in [0.15, 0.2) is 40.8 Å². The Balaban J connectivity index is 1.71. The molecule has 0 spiro atoms. The molecule has 1 fully saturated rings. The number of hydrogen-bond donors (Lipinski definition) is 1. The van der Waals surface area contributed by atoms with Gasteiger partial charge in [0.15, 0.2) is 11.5 Å². The van der Waals surface area contributed by atoms with Gasteiger partial charge in [-0.15, -0.1) is 0 Å². The number of amides is 2. The van der Waals surface area contributed by atoms with E-state index in [0.29, 0.717) is 54.5 Å². The van der Waals surface area contributed by atoms with Gasteiger partial charge in [0.05, 0.1) is 32.5 Å². The fourth-order valence-electron chi connectivity index (χ4n) is 3.46. The van der Waals surface area contributed by atoms with Crippen LogP contribution in [0.1, 0.15) is 20.9 Å². The highest BCUT2D eigenvalue weighted by Gasteiger charge is 2.28. The minimum Gasteiger partial charge on any atom is -0.493 e. The number of carbonyl (C=O) groups excluding carboxylic acids is 2. The molecule has 8 nitrogen and oxygen atoms in total. The van der Waals surface area contributed by atoms with Crippen LogP contribution in [-0.2, 0) is 4.74 Å². The summed E-state index contributed by atoms with van der Waals surface area (Å²) in [6, 6.07) is 10.1. The molecule has 0 atom stereocenters. The second kappa shape index (κ2) is 8.87. The van der Waals surface area contributed by atoms with Gasteiger partial charge in [0.1, 0.15) is 11.3 Å². The number of hydrogen-bond acceptors (Lipinski definition) is 6. The standard InChI is InChI=1S/C22H21ClN2O6/c1-28-17-12-13(11-15(23)19(17)29-2)21(26)24-18-14-5-3-4-6-16(14)31-20(18)22(27)25-7-9-30-10-8-25/h3-6,11-12H,7-10H2,1-2H3,(H,24,26). The summed E-state index contributed by atoms with van der Waals surface area (Å²) in [7, 11) is 2.92. The van der Waals surface area contributed by atoms with Crippen LogP contribution in [0.25, 0.3) is 11.0 Å². The fourth-order valence-corrected chi connectivity index (χ4v) is 3.75. The molecule has 1 aliphatic heterocycles. The normalized spacial score (nSPS) is 13.8. The highest BCUT2D eigenvalue weighted by atomic mass is 35.5. The van der Waals surface area contributed by atoms with Gasteiger partial charge >= 0.3 is 0 Å². The van der Waals surface area contributed by atoms with Crippen LogP contribution in [0, 0.1) is 0 Å². The van der Waals surface area contributed by atoms with Gasteiger partial charge in [0.25, 0.3) is 11.8 Å². The molecule has 1 aliphatic rings. The first-order valence-corrected chi connectivity index (χ1v) is 10.0. The molecular formula is C22H21ClN2O6. The lowest BCUT2D eigenvalue weighted by molar-refractivity contribution is 0.0285. The molecule has 2 amide bonds. The largest absolute Gasteiger partial charge is 0.493 e. The highest BCUT2D eigenvalue weighted by Crippen LogP contribution is 2.37. The van der Waals surface area contributed by atoms with E-state index in [9.17, 15) is 9.59 Å². The van der Waals surface area contributed by atoms with E-state index in [1.165, 1.54) is 26.4 Å². The van der Waals surface area contributed by atoms with Crippen LogP contribution in [0.4, 0.5) is 5.69 Å². The predicted molar refractivity (Wildman–Crippen MR) is 115 cm³/mol. The molecule has 0 saturated carbocycles. The van der Waals surface area contributed by atoms with Gasteiger partial charge in [-0.2, -0.15) is 0 Å². The molecule has 4 rings (SSSR count). The Morgan fingerprint density at radius 3 is 2.55 bits per heavy atom. The third kappa shape index (κ3) is 4.04. The van der Waals surface area contributed by atoms with Crippen molar-refractivity contribution in [3.05, 3.63) is 52.7 Å². The first kappa shape index (κ1) is 21.0. The summed E-state index contributed by atoms with van der Waals surface area (Å²) in [5.74, 6) is -0.0481. The number of ether oxygens (including phenoxy) is 3. The molecule has 2 heterocycles. The first-order valence-electron chi connectivity index (χ1n) is 9.65. The maximum absolute atomic E-state index is 13.1. The monoisotopic (exact) mass is 444 g/mol. The second-order valence-electron chi connectivity index (χ2n) is 6.85. The molecule has 2 aromatic carbocycles. The minimum atomic E-state index is -0.467. The summed E-state index contributed by atoms with van der Waals surface area (Å²) >= 11 is 6.24. The molecule has 0 aliphatic carbocycles. The number of anilines is 1. The predicted octanol–water partition coefficient (Wildman–Crippen LogP) is 3.83. The molecule has 9 heteroatoms. The number of nitrogens with one attached hydrogen (secondary N) is 1. The zero-order chi connectivity index (χ0) is 22.0. The summed E-state index contributed by atoms with van der Waals surface area (Å²) in [5, 5.41) is 3.67. The fraction of sp³-hybridized carbons (Fsp3) is 0.273. The van der Waals surface area contributed by atoms with E-state index in [1.807, 2.05) is 6.07 Å². The molecule has 1 aromatic heterocycles. The molecule has 0 radical (unpaired) electrons. The number of halogens is 1. The SMILES string of the molecule is COc1cc(C(=O)Nc2c(C(=O)N3CCOCC3)oc3ccccc23)cc(Cl)c1OC. The van der Waals surface area contributed by atoms with Crippen molar-refractivity contribution in [3.8, 4) is 11.5 Å². The Hall–Kier alpha value is -3.23. The van der Waals surface area contributed by atoms with E-state index in [4.69, 9.17) is 30.2 Å². The summed E-state index contributed by atoms with van der Waals surface area (Å²) in [5.41, 5.74) is 1.06. The van der Waals surface area contributed by atoms with Crippen molar-refractivity contribution in [1.29, 1.82) is 0 Å². The highest BCUT2D eigenvalue weighted by molar-refractivity contribution is 6.33. The van der Waals surface area contributed by atoms with Gasteiger partial charge in [-0.25, -0.2) is 0 Å². The smallest absolute Gasteiger partial charge is 0.291 e. The molecule has 162 valence electrons. The van der Waals surface area contributed by atoms with E-state index >= 15 is 0 Å². The zero-order valence-corrected chi connectivity index (χ0v) is 17.8. The average molecular weight is 445 g/mol. The van der Waals surface area contributed by atoms with Gasteiger partial charge in [0.2, 0.25) is 5.76 Å². The Labute approximate surface area is 183 Å². The number of methoxy groups -OCH3 is 2. The van der Waals surface area contributed by atoms with E-state index in [1.54, 1.807) is 23.1 Å². The van der Waals surface area contributed by atoms with Crippen LogP contribution in [0.2, 0.25) is 5.02 Å². The molecule has 0 bridgehead atoms. The Morgan fingerprint density at radius 1 is 1.10 bits per heavy atom. The lowest BCUT2D eigenvalue weighted by atomic mass is 10.1. The number of furan rings is 1. The average Bonchev–Trinajstić information content (AvgIpc) is 3.16. The zero-order valence-electron chi connectivity index (χ0n) is 17.1. The van der Waals surface area contributed by atoms with Gasteiger partial charge in [-0.05, 0) is 24.3 Å². The number of para-hydroxylation sites is 1. The maximum atomic E-state index is 13.1.